The van der Waals surface area contributed by atoms with Crippen LogP contribution in [0.4, 0.5) is 10.1 Å². The first-order chi connectivity index (χ1) is 9.51. The highest BCUT2D eigenvalue weighted by Gasteiger charge is 2.16. The van der Waals surface area contributed by atoms with Gasteiger partial charge in [0, 0.05) is 20.7 Å². The summed E-state index contributed by atoms with van der Waals surface area (Å²) in [7, 11) is 0. The molecule has 1 atom stereocenters. The number of hydrogen-bond donors (Lipinski definition) is 1. The van der Waals surface area contributed by atoms with Crippen molar-refractivity contribution in [3.8, 4) is 6.07 Å². The van der Waals surface area contributed by atoms with Gasteiger partial charge in [-0.25, -0.2) is 4.39 Å². The highest BCUT2D eigenvalue weighted by molar-refractivity contribution is 9.10. The molecular weight excluding hydrogens is 366 g/mol. The lowest BCUT2D eigenvalue weighted by molar-refractivity contribution is 0.607. The Bertz CT molecular complexity index is 685. The van der Waals surface area contributed by atoms with Crippen molar-refractivity contribution in [1.29, 1.82) is 5.26 Å². The van der Waals surface area contributed by atoms with Crippen LogP contribution in [0.1, 0.15) is 11.6 Å². The second kappa shape index (κ2) is 6.45. The van der Waals surface area contributed by atoms with Crippen LogP contribution in [0.25, 0.3) is 0 Å². The molecule has 0 bridgehead atoms. The molecule has 6 heteroatoms. The van der Waals surface area contributed by atoms with Crippen LogP contribution >= 0.6 is 39.1 Å². The van der Waals surface area contributed by atoms with E-state index in [1.807, 2.05) is 6.07 Å². The molecule has 102 valence electrons. The quantitative estimate of drug-likeness (QED) is 0.763. The van der Waals surface area contributed by atoms with E-state index in [1.54, 1.807) is 18.2 Å². The van der Waals surface area contributed by atoms with Crippen molar-refractivity contribution >= 4 is 44.8 Å². The Morgan fingerprint density at radius 3 is 2.60 bits per heavy atom. The third kappa shape index (κ3) is 3.43. The largest absolute Gasteiger partial charge is 0.366 e. The van der Waals surface area contributed by atoms with Gasteiger partial charge in [-0.1, -0.05) is 23.2 Å². The molecular formula is C14H8BrCl2FN2. The Balaban J connectivity index is 2.31. The topological polar surface area (TPSA) is 35.8 Å². The Kier molecular flexibility index (Phi) is 4.87. The molecule has 0 saturated heterocycles. The summed E-state index contributed by atoms with van der Waals surface area (Å²) >= 11 is 15.0. The maximum Gasteiger partial charge on any atom is 0.143 e. The highest BCUT2D eigenvalue weighted by Crippen LogP contribution is 2.29. The molecule has 1 N–H and O–H groups in total. The summed E-state index contributed by atoms with van der Waals surface area (Å²) in [5.74, 6) is -0.485. The van der Waals surface area contributed by atoms with Crippen LogP contribution in [0.3, 0.4) is 0 Å². The number of halogens is 4. The summed E-state index contributed by atoms with van der Waals surface area (Å²) in [6.45, 7) is 0. The van der Waals surface area contributed by atoms with Gasteiger partial charge in [0.1, 0.15) is 11.9 Å². The van der Waals surface area contributed by atoms with Crippen LogP contribution in [0.15, 0.2) is 40.9 Å². The average Bonchev–Trinajstić information content (AvgIpc) is 2.43. The monoisotopic (exact) mass is 372 g/mol. The van der Waals surface area contributed by atoms with Gasteiger partial charge in [-0.05, 0) is 52.3 Å². The first kappa shape index (κ1) is 15.1. The molecule has 1 unspecified atom stereocenters. The summed E-state index contributed by atoms with van der Waals surface area (Å²) in [4.78, 5) is 0. The van der Waals surface area contributed by atoms with Crippen LogP contribution in [-0.4, -0.2) is 0 Å². The lowest BCUT2D eigenvalue weighted by Gasteiger charge is -2.15. The van der Waals surface area contributed by atoms with Crippen molar-refractivity contribution in [3.05, 3.63) is 62.3 Å². The van der Waals surface area contributed by atoms with E-state index >= 15 is 0 Å². The number of benzene rings is 2. The Labute approximate surface area is 134 Å². The van der Waals surface area contributed by atoms with E-state index in [2.05, 4.69) is 21.2 Å². The third-order valence-corrected chi connectivity index (χ3v) is 4.08. The molecule has 0 saturated carbocycles. The number of nitrogens with one attached hydrogen (secondary N) is 1. The Hall–Kier alpha value is -1.28. The van der Waals surface area contributed by atoms with E-state index in [0.717, 1.165) is 0 Å². The van der Waals surface area contributed by atoms with Crippen LogP contribution in [0.5, 0.6) is 0 Å². The molecule has 0 radical (unpaired) electrons. The smallest absolute Gasteiger partial charge is 0.143 e. The molecule has 0 aromatic heterocycles. The van der Waals surface area contributed by atoms with Crippen molar-refractivity contribution in [2.45, 2.75) is 6.04 Å². The van der Waals surface area contributed by atoms with Crippen LogP contribution in [-0.2, 0) is 0 Å². The van der Waals surface area contributed by atoms with E-state index in [-0.39, 0.29) is 5.56 Å². The molecule has 0 aliphatic rings. The first-order valence-electron chi connectivity index (χ1n) is 5.57. The van der Waals surface area contributed by atoms with Crippen molar-refractivity contribution in [2.24, 2.45) is 0 Å². The van der Waals surface area contributed by atoms with Crippen molar-refractivity contribution in [1.82, 2.24) is 0 Å². The minimum Gasteiger partial charge on any atom is -0.366 e. The fourth-order valence-electron chi connectivity index (χ4n) is 1.67. The molecule has 2 nitrogen and oxygen atoms in total. The fourth-order valence-corrected chi connectivity index (χ4v) is 2.34. The normalized spacial score (nSPS) is 11.8. The summed E-state index contributed by atoms with van der Waals surface area (Å²) in [5.41, 5.74) is 0.846. The molecule has 0 aliphatic heterocycles. The van der Waals surface area contributed by atoms with Gasteiger partial charge in [-0.3, -0.25) is 0 Å². The van der Waals surface area contributed by atoms with Gasteiger partial charge in [-0.2, -0.15) is 5.26 Å². The summed E-state index contributed by atoms with van der Waals surface area (Å²) in [6, 6.07) is 10.4. The maximum atomic E-state index is 13.8. The zero-order valence-corrected chi connectivity index (χ0v) is 13.1. The lowest BCUT2D eigenvalue weighted by atomic mass is 10.1. The minimum atomic E-state index is -0.846. The van der Waals surface area contributed by atoms with Gasteiger partial charge in [0.2, 0.25) is 0 Å². The van der Waals surface area contributed by atoms with Gasteiger partial charge in [0.05, 0.1) is 11.1 Å². The standard InChI is InChI=1S/C14H8BrCl2FN2/c15-11-6-9(2-3-12(11)17)20-14(7-19)10-5-8(16)1-4-13(10)18/h1-6,14,20H. The molecule has 0 fully saturated rings. The van der Waals surface area contributed by atoms with Crippen LogP contribution in [0, 0.1) is 17.1 Å². The second-order valence-corrected chi connectivity index (χ2v) is 5.70. The average molecular weight is 374 g/mol. The fraction of sp³-hybridized carbons (Fsp3) is 0.0714. The predicted octanol–water partition coefficient (Wildman–Crippen LogP) is 5.57. The summed E-state index contributed by atoms with van der Waals surface area (Å²) in [6.07, 6.45) is 0. The molecule has 0 spiro atoms. The van der Waals surface area contributed by atoms with E-state index in [0.29, 0.717) is 20.2 Å². The second-order valence-electron chi connectivity index (χ2n) is 4.00. The van der Waals surface area contributed by atoms with Gasteiger partial charge in [0.15, 0.2) is 0 Å². The predicted molar refractivity (Wildman–Crippen MR) is 82.5 cm³/mol. The van der Waals surface area contributed by atoms with Gasteiger partial charge < -0.3 is 5.32 Å². The molecule has 0 heterocycles. The molecule has 20 heavy (non-hydrogen) atoms. The Morgan fingerprint density at radius 1 is 1.20 bits per heavy atom. The zero-order valence-electron chi connectivity index (χ0n) is 10.0. The van der Waals surface area contributed by atoms with Crippen molar-refractivity contribution < 1.29 is 4.39 Å². The van der Waals surface area contributed by atoms with Crippen molar-refractivity contribution in [2.75, 3.05) is 5.32 Å². The molecule has 0 aliphatic carbocycles. The number of hydrogen-bond acceptors (Lipinski definition) is 2. The third-order valence-electron chi connectivity index (χ3n) is 2.63. The zero-order chi connectivity index (χ0) is 14.7. The van der Waals surface area contributed by atoms with Gasteiger partial charge in [0.25, 0.3) is 0 Å². The maximum absolute atomic E-state index is 13.8. The van der Waals surface area contributed by atoms with Crippen LogP contribution < -0.4 is 5.32 Å². The first-order valence-corrected chi connectivity index (χ1v) is 7.12. The summed E-state index contributed by atoms with van der Waals surface area (Å²) in [5, 5.41) is 13.1. The molecule has 0 amide bonds. The minimum absolute atomic E-state index is 0.200. The molecule has 2 rings (SSSR count). The number of rotatable bonds is 3. The van der Waals surface area contributed by atoms with E-state index in [1.165, 1.54) is 18.2 Å². The lowest BCUT2D eigenvalue weighted by Crippen LogP contribution is -2.10. The van der Waals surface area contributed by atoms with Crippen LogP contribution in [0.2, 0.25) is 10.0 Å². The van der Waals surface area contributed by atoms with Crippen molar-refractivity contribution in [3.63, 3.8) is 0 Å². The number of nitrogens with zero attached hydrogens (tertiary/aromatic N) is 1. The highest BCUT2D eigenvalue weighted by atomic mass is 79.9. The van der Waals surface area contributed by atoms with Gasteiger partial charge >= 0.3 is 0 Å². The van der Waals surface area contributed by atoms with E-state index in [4.69, 9.17) is 23.2 Å². The van der Waals surface area contributed by atoms with Gasteiger partial charge in [-0.15, -0.1) is 0 Å². The SMILES string of the molecule is N#CC(Nc1ccc(Cl)c(Br)c1)c1cc(Cl)ccc1F. The number of anilines is 1. The summed E-state index contributed by atoms with van der Waals surface area (Å²) < 4.78 is 14.5. The molecule has 2 aromatic carbocycles. The van der Waals surface area contributed by atoms with E-state index < -0.39 is 11.9 Å². The Morgan fingerprint density at radius 2 is 1.95 bits per heavy atom. The van der Waals surface area contributed by atoms with E-state index in [9.17, 15) is 9.65 Å². The molecule has 2 aromatic rings. The number of nitriles is 1.